The summed E-state index contributed by atoms with van der Waals surface area (Å²) in [7, 11) is 0. The van der Waals surface area contributed by atoms with Gasteiger partial charge in [-0.2, -0.15) is 0 Å². The predicted molar refractivity (Wildman–Crippen MR) is 115 cm³/mol. The number of carbonyl (C=O) groups is 2. The molecule has 0 saturated heterocycles. The van der Waals surface area contributed by atoms with Crippen LogP contribution < -0.4 is 26.6 Å². The summed E-state index contributed by atoms with van der Waals surface area (Å²) in [5, 5.41) is 15.6. The number of hydrogen-bond acceptors (Lipinski definition) is 5. The Bertz CT molecular complexity index is 373. The van der Waals surface area contributed by atoms with Crippen molar-refractivity contribution in [1.29, 1.82) is 0 Å². The predicted octanol–water partition coefficient (Wildman–Crippen LogP) is 1.39. The minimum Gasteiger partial charge on any atom is -0.355 e. The smallest absolute Gasteiger partial charge is 0.237 e. The van der Waals surface area contributed by atoms with Crippen molar-refractivity contribution in [3.8, 4) is 0 Å². The second-order valence-corrected chi connectivity index (χ2v) is 7.27. The van der Waals surface area contributed by atoms with Crippen LogP contribution in [0, 0.1) is 0 Å². The molecule has 0 aromatic carbocycles. The van der Waals surface area contributed by atoms with Gasteiger partial charge in [0.15, 0.2) is 0 Å². The molecule has 0 aromatic rings. The molecule has 0 aliphatic carbocycles. The highest BCUT2D eigenvalue weighted by molar-refractivity contribution is 5.83. The number of amides is 2. The van der Waals surface area contributed by atoms with Crippen LogP contribution in [0.15, 0.2) is 0 Å². The van der Waals surface area contributed by atoms with E-state index in [0.29, 0.717) is 38.0 Å². The molecule has 5 N–H and O–H groups in total. The Morgan fingerprint density at radius 1 is 0.704 bits per heavy atom. The van der Waals surface area contributed by atoms with Crippen LogP contribution in [0.5, 0.6) is 0 Å². The normalized spacial score (nSPS) is 12.0. The second-order valence-electron chi connectivity index (χ2n) is 7.27. The van der Waals surface area contributed by atoms with E-state index in [2.05, 4.69) is 54.3 Å². The first-order valence-electron chi connectivity index (χ1n) is 10.5. The van der Waals surface area contributed by atoms with E-state index in [1.165, 1.54) is 0 Å². The van der Waals surface area contributed by atoms with Crippen molar-refractivity contribution >= 4 is 11.8 Å². The maximum Gasteiger partial charge on any atom is 0.237 e. The Hall–Kier alpha value is -1.18. The van der Waals surface area contributed by atoms with Crippen molar-refractivity contribution in [3.63, 3.8) is 0 Å². The van der Waals surface area contributed by atoms with E-state index in [1.807, 2.05) is 27.7 Å². The van der Waals surface area contributed by atoms with Crippen molar-refractivity contribution in [2.24, 2.45) is 0 Å². The first-order chi connectivity index (χ1) is 12.7. The monoisotopic (exact) mass is 387 g/mol. The maximum absolute atomic E-state index is 12.3. The van der Waals surface area contributed by atoms with Crippen LogP contribution in [0.3, 0.4) is 0 Å². The van der Waals surface area contributed by atoms with Crippen molar-refractivity contribution in [3.05, 3.63) is 0 Å². The Morgan fingerprint density at radius 2 is 1.19 bits per heavy atom. The molecule has 0 saturated carbocycles. The zero-order valence-corrected chi connectivity index (χ0v) is 18.9. The molecule has 7 nitrogen and oxygen atoms in total. The van der Waals surface area contributed by atoms with E-state index >= 15 is 0 Å². The van der Waals surface area contributed by atoms with Gasteiger partial charge in [-0.25, -0.2) is 0 Å². The highest BCUT2D eigenvalue weighted by atomic mass is 16.2. The van der Waals surface area contributed by atoms with Gasteiger partial charge in [0.2, 0.25) is 11.8 Å². The topological polar surface area (TPSA) is 94.3 Å². The molecule has 0 fully saturated rings. The van der Waals surface area contributed by atoms with Crippen molar-refractivity contribution in [2.45, 2.75) is 92.4 Å². The number of carbonyl (C=O) groups excluding carboxylic acids is 2. The van der Waals surface area contributed by atoms with Gasteiger partial charge in [-0.3, -0.25) is 9.59 Å². The van der Waals surface area contributed by atoms with Gasteiger partial charge in [0.1, 0.15) is 0 Å². The Balaban J connectivity index is 0. The van der Waals surface area contributed by atoms with Gasteiger partial charge >= 0.3 is 0 Å². The molecular weight excluding hydrogens is 342 g/mol. The zero-order chi connectivity index (χ0) is 21.2. The first-order valence-corrected chi connectivity index (χ1v) is 10.5. The van der Waals surface area contributed by atoms with Crippen LogP contribution in [-0.2, 0) is 9.59 Å². The van der Waals surface area contributed by atoms with Gasteiger partial charge < -0.3 is 26.6 Å². The van der Waals surface area contributed by atoms with Crippen LogP contribution in [0.4, 0.5) is 0 Å². The molecule has 0 aliphatic rings. The molecule has 0 bridgehead atoms. The third-order valence-corrected chi connectivity index (χ3v) is 3.49. The molecule has 0 spiro atoms. The van der Waals surface area contributed by atoms with Gasteiger partial charge in [-0.15, -0.1) is 0 Å². The average molecular weight is 388 g/mol. The number of hydrogen-bond donors (Lipinski definition) is 5. The van der Waals surface area contributed by atoms with Gasteiger partial charge in [-0.1, -0.05) is 55.4 Å². The molecule has 162 valence electrons. The molecule has 0 aliphatic heterocycles. The van der Waals surface area contributed by atoms with E-state index < -0.39 is 0 Å². The fourth-order valence-electron chi connectivity index (χ4n) is 2.29. The summed E-state index contributed by atoms with van der Waals surface area (Å²) in [6, 6.07) is 0.641. The lowest BCUT2D eigenvalue weighted by Crippen LogP contribution is -2.48. The van der Waals surface area contributed by atoms with E-state index in [-0.39, 0.29) is 23.9 Å². The van der Waals surface area contributed by atoms with Crippen LogP contribution in [0.25, 0.3) is 0 Å². The summed E-state index contributed by atoms with van der Waals surface area (Å²) in [6.07, 6.45) is 0.828. The Kier molecular flexibility index (Phi) is 18.9. The zero-order valence-electron chi connectivity index (χ0n) is 18.9. The average Bonchev–Trinajstić information content (AvgIpc) is 2.60. The molecule has 2 amide bonds. The summed E-state index contributed by atoms with van der Waals surface area (Å²) in [5.41, 5.74) is 0. The summed E-state index contributed by atoms with van der Waals surface area (Å²) < 4.78 is 0. The highest BCUT2D eigenvalue weighted by Gasteiger charge is 2.19. The molecule has 1 unspecified atom stereocenters. The first kappa shape index (κ1) is 28.0. The third kappa shape index (κ3) is 19.4. The molecule has 0 radical (unpaired) electrons. The van der Waals surface area contributed by atoms with Gasteiger partial charge in [-0.05, 0) is 6.42 Å². The molecule has 0 heterocycles. The Morgan fingerprint density at radius 3 is 1.63 bits per heavy atom. The lowest BCUT2D eigenvalue weighted by molar-refractivity contribution is -0.124. The molecule has 0 rings (SSSR count). The molecule has 0 aromatic heterocycles. The van der Waals surface area contributed by atoms with E-state index in [9.17, 15) is 9.59 Å². The highest BCUT2D eigenvalue weighted by Crippen LogP contribution is 2.00. The molecule has 27 heavy (non-hydrogen) atoms. The Labute approximate surface area is 167 Å². The van der Waals surface area contributed by atoms with E-state index in [0.717, 1.165) is 13.1 Å². The molecule has 1 atom stereocenters. The van der Waals surface area contributed by atoms with Gasteiger partial charge in [0.25, 0.3) is 0 Å². The van der Waals surface area contributed by atoms with Crippen LogP contribution >= 0.6 is 0 Å². The lowest BCUT2D eigenvalue weighted by atomic mass is 10.1. The van der Waals surface area contributed by atoms with Crippen molar-refractivity contribution in [1.82, 2.24) is 26.6 Å². The molecule has 7 heteroatoms. The maximum atomic E-state index is 12.3. The minimum atomic E-state index is -0.349. The summed E-state index contributed by atoms with van der Waals surface area (Å²) in [4.78, 5) is 24.3. The summed E-state index contributed by atoms with van der Waals surface area (Å²) >= 11 is 0. The quantitative estimate of drug-likeness (QED) is 0.290. The minimum absolute atomic E-state index is 0.0182. The SMILES string of the molecule is CC.CC(C)NCCNC(=O)CCC(NC(C)C)C(=O)NCCNC(C)C. The fourth-order valence-corrected chi connectivity index (χ4v) is 2.29. The fraction of sp³-hybridized carbons (Fsp3) is 0.900. The van der Waals surface area contributed by atoms with Crippen molar-refractivity contribution < 1.29 is 9.59 Å². The second kappa shape index (κ2) is 18.2. The summed E-state index contributed by atoms with van der Waals surface area (Å²) in [5.74, 6) is -0.0658. The van der Waals surface area contributed by atoms with Crippen LogP contribution in [0.2, 0.25) is 0 Å². The third-order valence-electron chi connectivity index (χ3n) is 3.49. The largest absolute Gasteiger partial charge is 0.355 e. The lowest BCUT2D eigenvalue weighted by Gasteiger charge is -2.21. The van der Waals surface area contributed by atoms with Gasteiger partial charge in [0.05, 0.1) is 6.04 Å². The van der Waals surface area contributed by atoms with Crippen LogP contribution in [-0.4, -0.2) is 62.2 Å². The van der Waals surface area contributed by atoms with Crippen LogP contribution in [0.1, 0.15) is 68.2 Å². The van der Waals surface area contributed by atoms with Crippen molar-refractivity contribution in [2.75, 3.05) is 26.2 Å². The number of rotatable bonds is 14. The summed E-state index contributed by atoms with van der Waals surface area (Å²) in [6.45, 7) is 18.9. The van der Waals surface area contributed by atoms with Gasteiger partial charge in [0, 0.05) is 50.7 Å². The van der Waals surface area contributed by atoms with E-state index in [1.54, 1.807) is 0 Å². The molecular formula is C20H45N5O2. The standard InChI is InChI=1S/C18H39N5O2.C2H6/c1-13(2)19-9-11-21-17(24)8-7-16(23-15(5)6)18(25)22-12-10-20-14(3)4;1-2/h13-16,19-20,23H,7-12H2,1-6H3,(H,21,24)(H,22,25);1-2H3. The number of nitrogens with one attached hydrogen (secondary N) is 5. The van der Waals surface area contributed by atoms with E-state index in [4.69, 9.17) is 0 Å².